The lowest BCUT2D eigenvalue weighted by molar-refractivity contribution is 0.340. The van der Waals surface area contributed by atoms with Crippen LogP contribution in [0, 0.1) is 0 Å². The van der Waals surface area contributed by atoms with Gasteiger partial charge in [-0.1, -0.05) is 30.3 Å². The summed E-state index contributed by atoms with van der Waals surface area (Å²) in [6.07, 6.45) is 2.68. The third kappa shape index (κ3) is 5.21. The van der Waals surface area contributed by atoms with Crippen LogP contribution in [0.2, 0.25) is 0 Å². The summed E-state index contributed by atoms with van der Waals surface area (Å²) in [5.41, 5.74) is 2.25. The Labute approximate surface area is 148 Å². The quantitative estimate of drug-likeness (QED) is 0.644. The van der Waals surface area contributed by atoms with Gasteiger partial charge in [-0.25, -0.2) is 4.98 Å². The number of rotatable bonds is 8. The smallest absolute Gasteiger partial charge is 0.224 e. The summed E-state index contributed by atoms with van der Waals surface area (Å²) >= 11 is 0. The Kier molecular flexibility index (Phi) is 5.82. The number of anilines is 3. The predicted molar refractivity (Wildman–Crippen MR) is 102 cm³/mol. The minimum Gasteiger partial charge on any atom is -0.494 e. The van der Waals surface area contributed by atoms with Crippen LogP contribution in [0.15, 0.2) is 66.9 Å². The normalized spacial score (nSPS) is 10.3. The van der Waals surface area contributed by atoms with Gasteiger partial charge in [0.25, 0.3) is 0 Å². The molecule has 0 bridgehead atoms. The molecule has 2 N–H and O–H groups in total. The molecule has 0 unspecified atom stereocenters. The van der Waals surface area contributed by atoms with E-state index < -0.39 is 0 Å². The van der Waals surface area contributed by atoms with E-state index in [1.54, 1.807) is 6.20 Å². The van der Waals surface area contributed by atoms with E-state index in [0.29, 0.717) is 12.6 Å². The molecule has 1 heterocycles. The van der Waals surface area contributed by atoms with Gasteiger partial charge >= 0.3 is 0 Å². The van der Waals surface area contributed by atoms with Gasteiger partial charge in [0.05, 0.1) is 6.61 Å². The topological polar surface area (TPSA) is 59.1 Å². The summed E-state index contributed by atoms with van der Waals surface area (Å²) in [6, 6.07) is 20.0. The van der Waals surface area contributed by atoms with Crippen molar-refractivity contribution in [2.45, 2.75) is 13.3 Å². The van der Waals surface area contributed by atoms with Gasteiger partial charge in [0.2, 0.25) is 5.95 Å². The highest BCUT2D eigenvalue weighted by molar-refractivity contribution is 5.57. The van der Waals surface area contributed by atoms with Gasteiger partial charge in [0.1, 0.15) is 11.6 Å². The van der Waals surface area contributed by atoms with Gasteiger partial charge in [0.15, 0.2) is 0 Å². The van der Waals surface area contributed by atoms with Gasteiger partial charge in [-0.05, 0) is 49.2 Å². The molecule has 0 spiro atoms. The minimum absolute atomic E-state index is 0.617. The SMILES string of the molecule is CCOc1ccc(Nc2ccnc(NCCc3ccccc3)n2)cc1. The first-order valence-electron chi connectivity index (χ1n) is 8.44. The maximum absolute atomic E-state index is 5.45. The molecule has 0 aliphatic rings. The van der Waals surface area contributed by atoms with Gasteiger partial charge in [-0.3, -0.25) is 0 Å². The molecule has 0 radical (unpaired) electrons. The van der Waals surface area contributed by atoms with Crippen molar-refractivity contribution in [1.82, 2.24) is 9.97 Å². The first-order valence-corrected chi connectivity index (χ1v) is 8.44. The molecule has 25 heavy (non-hydrogen) atoms. The van der Waals surface area contributed by atoms with E-state index in [1.807, 2.05) is 55.5 Å². The first-order chi connectivity index (χ1) is 12.3. The lowest BCUT2D eigenvalue weighted by Crippen LogP contribution is -2.08. The number of nitrogens with one attached hydrogen (secondary N) is 2. The molecule has 0 saturated heterocycles. The van der Waals surface area contributed by atoms with Crippen molar-refractivity contribution < 1.29 is 4.74 Å². The molecule has 5 heteroatoms. The van der Waals surface area contributed by atoms with Crippen LogP contribution >= 0.6 is 0 Å². The zero-order valence-electron chi connectivity index (χ0n) is 14.3. The van der Waals surface area contributed by atoms with Crippen molar-refractivity contribution in [1.29, 1.82) is 0 Å². The monoisotopic (exact) mass is 334 g/mol. The van der Waals surface area contributed by atoms with Crippen LogP contribution in [0.5, 0.6) is 5.75 Å². The number of benzene rings is 2. The van der Waals surface area contributed by atoms with E-state index in [4.69, 9.17) is 4.74 Å². The highest BCUT2D eigenvalue weighted by Gasteiger charge is 2.01. The third-order valence-electron chi connectivity index (χ3n) is 3.63. The fourth-order valence-corrected chi connectivity index (χ4v) is 2.43. The molecule has 0 fully saturated rings. The largest absolute Gasteiger partial charge is 0.494 e. The Bertz CT molecular complexity index is 775. The van der Waals surface area contributed by atoms with E-state index in [-0.39, 0.29) is 0 Å². The summed E-state index contributed by atoms with van der Waals surface area (Å²) in [4.78, 5) is 8.76. The second-order valence-corrected chi connectivity index (χ2v) is 5.51. The van der Waals surface area contributed by atoms with E-state index >= 15 is 0 Å². The highest BCUT2D eigenvalue weighted by atomic mass is 16.5. The molecule has 0 amide bonds. The maximum atomic E-state index is 5.45. The first kappa shape index (κ1) is 16.8. The fraction of sp³-hybridized carbons (Fsp3) is 0.200. The Morgan fingerprint density at radius 1 is 0.960 bits per heavy atom. The van der Waals surface area contributed by atoms with Crippen molar-refractivity contribution in [3.8, 4) is 5.75 Å². The zero-order chi connectivity index (χ0) is 17.3. The maximum Gasteiger partial charge on any atom is 0.224 e. The Morgan fingerprint density at radius 2 is 1.76 bits per heavy atom. The van der Waals surface area contributed by atoms with Crippen LogP contribution in [-0.2, 0) is 6.42 Å². The van der Waals surface area contributed by atoms with Crippen molar-refractivity contribution in [3.63, 3.8) is 0 Å². The molecule has 5 nitrogen and oxygen atoms in total. The molecule has 2 aromatic carbocycles. The molecule has 0 atom stereocenters. The molecular formula is C20H22N4O. The number of nitrogens with zero attached hydrogens (tertiary/aromatic N) is 2. The number of hydrogen-bond acceptors (Lipinski definition) is 5. The number of ether oxygens (including phenoxy) is 1. The van der Waals surface area contributed by atoms with Crippen molar-refractivity contribution in [2.75, 3.05) is 23.8 Å². The highest BCUT2D eigenvalue weighted by Crippen LogP contribution is 2.19. The molecule has 0 saturated carbocycles. The Balaban J connectivity index is 1.55. The van der Waals surface area contributed by atoms with Gasteiger partial charge in [-0.2, -0.15) is 4.98 Å². The molecular weight excluding hydrogens is 312 g/mol. The van der Waals surface area contributed by atoms with Crippen LogP contribution in [0.1, 0.15) is 12.5 Å². The van der Waals surface area contributed by atoms with Crippen molar-refractivity contribution in [2.24, 2.45) is 0 Å². The fourth-order valence-electron chi connectivity index (χ4n) is 2.43. The van der Waals surface area contributed by atoms with Gasteiger partial charge in [0, 0.05) is 18.4 Å². The van der Waals surface area contributed by atoms with E-state index in [0.717, 1.165) is 30.2 Å². The van der Waals surface area contributed by atoms with Gasteiger partial charge in [-0.15, -0.1) is 0 Å². The van der Waals surface area contributed by atoms with Crippen LogP contribution in [0.3, 0.4) is 0 Å². The minimum atomic E-state index is 0.617. The molecule has 0 aliphatic heterocycles. The predicted octanol–water partition coefficient (Wildman–Crippen LogP) is 4.27. The summed E-state index contributed by atoms with van der Waals surface area (Å²) in [6.45, 7) is 3.42. The van der Waals surface area contributed by atoms with Crippen molar-refractivity contribution in [3.05, 3.63) is 72.4 Å². The Hall–Kier alpha value is -3.08. The van der Waals surface area contributed by atoms with Gasteiger partial charge < -0.3 is 15.4 Å². The molecule has 0 aliphatic carbocycles. The summed E-state index contributed by atoms with van der Waals surface area (Å²) in [5, 5.41) is 6.54. The van der Waals surface area contributed by atoms with Crippen LogP contribution in [0.4, 0.5) is 17.5 Å². The molecule has 3 aromatic rings. The summed E-state index contributed by atoms with van der Waals surface area (Å²) in [5.74, 6) is 2.23. The summed E-state index contributed by atoms with van der Waals surface area (Å²) < 4.78 is 5.45. The van der Waals surface area contributed by atoms with E-state index in [2.05, 4.69) is 32.7 Å². The van der Waals surface area contributed by atoms with Crippen molar-refractivity contribution >= 4 is 17.5 Å². The Morgan fingerprint density at radius 3 is 2.52 bits per heavy atom. The average molecular weight is 334 g/mol. The lowest BCUT2D eigenvalue weighted by Gasteiger charge is -2.09. The lowest BCUT2D eigenvalue weighted by atomic mass is 10.1. The standard InChI is InChI=1S/C20H22N4O/c1-2-25-18-10-8-17(9-11-18)23-19-13-15-22-20(24-19)21-14-12-16-6-4-3-5-7-16/h3-11,13,15H,2,12,14H2,1H3,(H2,21,22,23,24). The summed E-state index contributed by atoms with van der Waals surface area (Å²) in [7, 11) is 0. The third-order valence-corrected chi connectivity index (χ3v) is 3.63. The van der Waals surface area contributed by atoms with Crippen LogP contribution < -0.4 is 15.4 Å². The second kappa shape index (κ2) is 8.68. The van der Waals surface area contributed by atoms with Crippen LogP contribution in [0.25, 0.3) is 0 Å². The average Bonchev–Trinajstić information content (AvgIpc) is 2.65. The zero-order valence-corrected chi connectivity index (χ0v) is 14.3. The van der Waals surface area contributed by atoms with E-state index in [1.165, 1.54) is 5.56 Å². The molecule has 3 rings (SSSR count). The van der Waals surface area contributed by atoms with E-state index in [9.17, 15) is 0 Å². The van der Waals surface area contributed by atoms with Crippen LogP contribution in [-0.4, -0.2) is 23.1 Å². The second-order valence-electron chi connectivity index (χ2n) is 5.51. The molecule has 128 valence electrons. The molecule has 1 aromatic heterocycles. The number of aromatic nitrogens is 2. The number of hydrogen-bond donors (Lipinski definition) is 2.